The first-order valence-electron chi connectivity index (χ1n) is 13.2. The summed E-state index contributed by atoms with van der Waals surface area (Å²) in [5, 5.41) is 41.6. The van der Waals surface area contributed by atoms with Gasteiger partial charge in [-0.3, -0.25) is 4.79 Å². The molecule has 0 aromatic rings. The van der Waals surface area contributed by atoms with Crippen LogP contribution in [0, 0.1) is 0 Å². The smallest absolute Gasteiger partial charge is 0.306 e. The maximum atomic E-state index is 12.5. The van der Waals surface area contributed by atoms with Gasteiger partial charge in [0, 0.05) is 6.42 Å². The van der Waals surface area contributed by atoms with Crippen molar-refractivity contribution >= 4 is 5.97 Å². The van der Waals surface area contributed by atoms with Gasteiger partial charge in [-0.15, -0.1) is 0 Å². The number of hydrogen-bond donors (Lipinski definition) is 4. The molecule has 0 aromatic heterocycles. The molecule has 0 aliphatic carbocycles. The molecular weight excluding hydrogens is 492 g/mol. The van der Waals surface area contributed by atoms with Crippen molar-refractivity contribution in [2.45, 2.75) is 140 Å². The zero-order valence-electron chi connectivity index (χ0n) is 22.4. The lowest BCUT2D eigenvalue weighted by Crippen LogP contribution is -2.61. The molecule has 3 aliphatic rings. The van der Waals surface area contributed by atoms with Crippen LogP contribution >= 0.6 is 0 Å². The summed E-state index contributed by atoms with van der Waals surface area (Å²) in [5.74, 6) is -2.51. The quantitative estimate of drug-likeness (QED) is 0.157. The molecule has 3 rings (SSSR count). The lowest BCUT2D eigenvalue weighted by atomic mass is 9.99. The molecule has 0 radical (unpaired) electrons. The number of aliphatic hydroxyl groups is 4. The van der Waals surface area contributed by atoms with Crippen molar-refractivity contribution in [3.8, 4) is 0 Å². The van der Waals surface area contributed by atoms with Gasteiger partial charge < -0.3 is 53.6 Å². The predicted molar refractivity (Wildman–Crippen MR) is 127 cm³/mol. The van der Waals surface area contributed by atoms with Crippen LogP contribution in [0.5, 0.6) is 0 Å². The maximum Gasteiger partial charge on any atom is 0.306 e. The molecule has 3 saturated heterocycles. The Kier molecular flexibility index (Phi) is 10.7. The number of unbranched alkanes of at least 4 members (excludes halogenated alkanes) is 4. The van der Waals surface area contributed by atoms with Crippen molar-refractivity contribution in [1.29, 1.82) is 0 Å². The summed E-state index contributed by atoms with van der Waals surface area (Å²) in [6, 6.07) is 0. The van der Waals surface area contributed by atoms with E-state index in [0.717, 1.165) is 25.7 Å². The minimum Gasteiger partial charge on any atom is -0.454 e. The van der Waals surface area contributed by atoms with E-state index in [0.29, 0.717) is 6.42 Å². The fourth-order valence-electron chi connectivity index (χ4n) is 4.79. The van der Waals surface area contributed by atoms with Crippen molar-refractivity contribution < 1.29 is 58.4 Å². The van der Waals surface area contributed by atoms with E-state index in [1.807, 2.05) is 0 Å². The molecule has 37 heavy (non-hydrogen) atoms. The standard InChI is InChI=1S/C25H44O12/c1-6-7-8-9-10-11-16(27)33-20-18(29)17(28)14(12-26)32-23(20)34-22(30)21-19(36-25(4,5)37-21)15-13-31-24(2,3)35-15/h14-15,17-23,26,28-30H,6-13H2,1-5H3/t14-,15+,17-,18+,19-,20+,21+,22?,23+/m1/s1. The van der Waals surface area contributed by atoms with Crippen LogP contribution < -0.4 is 0 Å². The predicted octanol–water partition coefficient (Wildman–Crippen LogP) is 0.704. The Morgan fingerprint density at radius 1 is 1.00 bits per heavy atom. The number of hydrogen-bond acceptors (Lipinski definition) is 12. The third-order valence-corrected chi connectivity index (χ3v) is 6.69. The van der Waals surface area contributed by atoms with E-state index in [2.05, 4.69) is 6.92 Å². The van der Waals surface area contributed by atoms with Gasteiger partial charge in [0.05, 0.1) is 13.2 Å². The number of carbonyl (C=O) groups is 1. The van der Waals surface area contributed by atoms with E-state index in [1.54, 1.807) is 27.7 Å². The second-order valence-electron chi connectivity index (χ2n) is 10.8. The Bertz CT molecular complexity index is 730. The highest BCUT2D eigenvalue weighted by Crippen LogP contribution is 2.38. The summed E-state index contributed by atoms with van der Waals surface area (Å²) in [5.41, 5.74) is 0. The largest absolute Gasteiger partial charge is 0.454 e. The average Bonchev–Trinajstić information content (AvgIpc) is 3.36. The molecular formula is C25H44O12. The highest BCUT2D eigenvalue weighted by atomic mass is 16.8. The highest BCUT2D eigenvalue weighted by molar-refractivity contribution is 5.69. The zero-order chi connectivity index (χ0) is 27.4. The van der Waals surface area contributed by atoms with Gasteiger partial charge in [-0.25, -0.2) is 0 Å². The Morgan fingerprint density at radius 3 is 2.32 bits per heavy atom. The van der Waals surface area contributed by atoms with E-state index >= 15 is 0 Å². The van der Waals surface area contributed by atoms with E-state index in [9.17, 15) is 25.2 Å². The summed E-state index contributed by atoms with van der Waals surface area (Å²) in [7, 11) is 0. The Balaban J connectivity index is 1.69. The molecule has 3 heterocycles. The van der Waals surface area contributed by atoms with Crippen LogP contribution in [0.4, 0.5) is 0 Å². The molecule has 0 saturated carbocycles. The second-order valence-corrected chi connectivity index (χ2v) is 10.8. The van der Waals surface area contributed by atoms with Crippen LogP contribution in [0.25, 0.3) is 0 Å². The first kappa shape index (κ1) is 30.6. The molecule has 9 atom stereocenters. The molecule has 216 valence electrons. The van der Waals surface area contributed by atoms with E-state index < -0.39 is 79.5 Å². The van der Waals surface area contributed by atoms with E-state index in [1.165, 1.54) is 0 Å². The minimum absolute atomic E-state index is 0.117. The first-order valence-corrected chi connectivity index (χ1v) is 13.2. The van der Waals surface area contributed by atoms with E-state index in [-0.39, 0.29) is 13.0 Å². The Hall–Kier alpha value is -0.930. The lowest BCUT2D eigenvalue weighted by Gasteiger charge is -2.42. The van der Waals surface area contributed by atoms with Gasteiger partial charge in [-0.05, 0) is 34.1 Å². The van der Waals surface area contributed by atoms with Gasteiger partial charge in [0.25, 0.3) is 0 Å². The lowest BCUT2D eigenvalue weighted by molar-refractivity contribution is -0.345. The van der Waals surface area contributed by atoms with Crippen molar-refractivity contribution in [2.75, 3.05) is 13.2 Å². The third kappa shape index (κ3) is 8.04. The van der Waals surface area contributed by atoms with Crippen LogP contribution in [0.1, 0.15) is 73.1 Å². The highest BCUT2D eigenvalue weighted by Gasteiger charge is 2.54. The normalized spacial score (nSPS) is 38.0. The zero-order valence-corrected chi connectivity index (χ0v) is 22.4. The summed E-state index contributed by atoms with van der Waals surface area (Å²) in [6.45, 7) is 8.55. The number of esters is 1. The fraction of sp³-hybridized carbons (Fsp3) is 0.960. The van der Waals surface area contributed by atoms with Crippen molar-refractivity contribution in [2.24, 2.45) is 0 Å². The molecule has 3 fully saturated rings. The van der Waals surface area contributed by atoms with Crippen molar-refractivity contribution in [3.05, 3.63) is 0 Å². The van der Waals surface area contributed by atoms with Crippen LogP contribution in [0.2, 0.25) is 0 Å². The third-order valence-electron chi connectivity index (χ3n) is 6.69. The maximum absolute atomic E-state index is 12.5. The van der Waals surface area contributed by atoms with Crippen molar-refractivity contribution in [3.63, 3.8) is 0 Å². The molecule has 1 unspecified atom stereocenters. The topological polar surface area (TPSA) is 163 Å². The first-order chi connectivity index (χ1) is 17.4. The number of rotatable bonds is 12. The van der Waals surface area contributed by atoms with Crippen LogP contribution in [-0.4, -0.2) is 106 Å². The summed E-state index contributed by atoms with van der Waals surface area (Å²) < 4.78 is 40.1. The van der Waals surface area contributed by atoms with Gasteiger partial charge in [0.15, 0.2) is 24.0 Å². The molecule has 0 amide bonds. The summed E-state index contributed by atoms with van der Waals surface area (Å²) in [4.78, 5) is 12.5. The van der Waals surface area contributed by atoms with Gasteiger partial charge in [-0.2, -0.15) is 0 Å². The van der Waals surface area contributed by atoms with Crippen LogP contribution in [0.3, 0.4) is 0 Å². The molecule has 12 nitrogen and oxygen atoms in total. The number of ether oxygens (including phenoxy) is 7. The van der Waals surface area contributed by atoms with Crippen LogP contribution in [-0.2, 0) is 38.0 Å². The SMILES string of the molecule is CCCCCCCC(=O)O[C@@H]1[C@H](OC(O)[C@H]2OC(C)(C)O[C@@H]2[C@@H]2COC(C)(C)O2)O[C@H](CO)[C@@H](O)[C@@H]1O. The van der Waals surface area contributed by atoms with Crippen LogP contribution in [0.15, 0.2) is 0 Å². The molecule has 12 heteroatoms. The average molecular weight is 537 g/mol. The van der Waals surface area contributed by atoms with E-state index in [4.69, 9.17) is 33.2 Å². The minimum atomic E-state index is -1.67. The van der Waals surface area contributed by atoms with Gasteiger partial charge >= 0.3 is 5.97 Å². The monoisotopic (exact) mass is 536 g/mol. The summed E-state index contributed by atoms with van der Waals surface area (Å²) >= 11 is 0. The molecule has 0 bridgehead atoms. The number of carbonyl (C=O) groups excluding carboxylic acids is 1. The van der Waals surface area contributed by atoms with Gasteiger partial charge in [0.2, 0.25) is 6.29 Å². The van der Waals surface area contributed by atoms with Crippen molar-refractivity contribution in [1.82, 2.24) is 0 Å². The molecule has 3 aliphatic heterocycles. The second kappa shape index (κ2) is 12.9. The van der Waals surface area contributed by atoms with Gasteiger partial charge in [0.1, 0.15) is 36.6 Å². The fourth-order valence-corrected chi connectivity index (χ4v) is 4.79. The molecule has 0 aromatic carbocycles. The molecule has 0 spiro atoms. The van der Waals surface area contributed by atoms with Gasteiger partial charge in [-0.1, -0.05) is 32.6 Å². The Labute approximate surface area is 218 Å². The number of aliphatic hydroxyl groups excluding tert-OH is 4. The summed E-state index contributed by atoms with van der Waals surface area (Å²) in [6.07, 6.45) is -6.63. The Morgan fingerprint density at radius 2 is 1.70 bits per heavy atom. The molecule has 4 N–H and O–H groups in total.